The highest BCUT2D eigenvalue weighted by atomic mass is 16.3. The summed E-state index contributed by atoms with van der Waals surface area (Å²) in [4.78, 5) is 0. The summed E-state index contributed by atoms with van der Waals surface area (Å²) in [6, 6.07) is 0.0260. The molecule has 0 radical (unpaired) electrons. The number of aliphatic hydroxyl groups is 2. The van der Waals surface area contributed by atoms with Crippen molar-refractivity contribution in [3.63, 3.8) is 0 Å². The van der Waals surface area contributed by atoms with E-state index < -0.39 is 0 Å². The van der Waals surface area contributed by atoms with Gasteiger partial charge in [-0.05, 0) is 38.1 Å². The van der Waals surface area contributed by atoms with Gasteiger partial charge in [-0.3, -0.25) is 0 Å². The summed E-state index contributed by atoms with van der Waals surface area (Å²) in [5, 5.41) is 17.0. The summed E-state index contributed by atoms with van der Waals surface area (Å²) in [5.41, 5.74) is 10.8. The van der Waals surface area contributed by atoms with E-state index in [1.807, 2.05) is 0 Å². The Kier molecular flexibility index (Phi) is 13.2. The van der Waals surface area contributed by atoms with Crippen LogP contribution in [0.4, 0.5) is 0 Å². The average Bonchev–Trinajstić information content (AvgIpc) is 2.41. The first-order chi connectivity index (χ1) is 8.74. The largest absolute Gasteiger partial charge is 0.396 e. The summed E-state index contributed by atoms with van der Waals surface area (Å²) in [6.07, 6.45) is 10.8. The summed E-state index contributed by atoms with van der Waals surface area (Å²) >= 11 is 0. The third-order valence-corrected chi connectivity index (χ3v) is 3.46. The van der Waals surface area contributed by atoms with Crippen molar-refractivity contribution in [1.82, 2.24) is 0 Å². The smallest absolute Gasteiger partial charge is 0.0582 e. The van der Waals surface area contributed by atoms with Gasteiger partial charge in [-0.15, -0.1) is 0 Å². The number of rotatable bonds is 7. The second kappa shape index (κ2) is 13.3. The predicted octanol–water partition coefficient (Wildman–Crippen LogP) is 1.38. The van der Waals surface area contributed by atoms with Gasteiger partial charge in [0.2, 0.25) is 0 Å². The van der Waals surface area contributed by atoms with Gasteiger partial charge in [0.25, 0.3) is 0 Å². The fourth-order valence-corrected chi connectivity index (χ4v) is 2.36. The van der Waals surface area contributed by atoms with Crippen molar-refractivity contribution in [3.8, 4) is 0 Å². The van der Waals surface area contributed by atoms with Gasteiger partial charge >= 0.3 is 0 Å². The third-order valence-electron chi connectivity index (χ3n) is 3.46. The number of hydrogen-bond donors (Lipinski definition) is 4. The molecule has 0 bridgehead atoms. The van der Waals surface area contributed by atoms with Crippen molar-refractivity contribution in [2.75, 3.05) is 19.8 Å². The van der Waals surface area contributed by atoms with Crippen molar-refractivity contribution in [3.05, 3.63) is 0 Å². The van der Waals surface area contributed by atoms with Crippen LogP contribution >= 0.6 is 0 Å². The molecule has 0 saturated heterocycles. The van der Waals surface area contributed by atoms with Gasteiger partial charge in [-0.2, -0.15) is 0 Å². The standard InChI is InChI=1S/C9H19NO.C5H13NO/c10-9(7-11)6-8-4-2-1-3-5-8;6-4-2-1-3-5-7/h8-9,11H,1-7,10H2;7H,1-6H2/t9-;/m0./s1. The number of nitrogens with two attached hydrogens (primary N) is 2. The van der Waals surface area contributed by atoms with E-state index in [9.17, 15) is 0 Å². The zero-order valence-electron chi connectivity index (χ0n) is 11.7. The van der Waals surface area contributed by atoms with Gasteiger partial charge in [-0.25, -0.2) is 0 Å². The normalized spacial score (nSPS) is 18.0. The molecule has 0 spiro atoms. The molecule has 0 unspecified atom stereocenters. The fourth-order valence-electron chi connectivity index (χ4n) is 2.36. The molecule has 1 rings (SSSR count). The first-order valence-corrected chi connectivity index (χ1v) is 7.42. The minimum atomic E-state index is 0.0260. The van der Waals surface area contributed by atoms with Crippen LogP contribution in [0.25, 0.3) is 0 Å². The molecule has 0 aliphatic heterocycles. The van der Waals surface area contributed by atoms with Crippen molar-refractivity contribution >= 4 is 0 Å². The number of hydrogen-bond acceptors (Lipinski definition) is 4. The maximum Gasteiger partial charge on any atom is 0.0582 e. The number of aliphatic hydroxyl groups excluding tert-OH is 2. The maximum absolute atomic E-state index is 8.74. The van der Waals surface area contributed by atoms with Crippen molar-refractivity contribution < 1.29 is 10.2 Å². The van der Waals surface area contributed by atoms with E-state index in [2.05, 4.69) is 0 Å². The van der Waals surface area contributed by atoms with Gasteiger partial charge in [0.05, 0.1) is 6.61 Å². The second-order valence-electron chi connectivity index (χ2n) is 5.26. The van der Waals surface area contributed by atoms with Gasteiger partial charge in [0.15, 0.2) is 0 Å². The van der Waals surface area contributed by atoms with Gasteiger partial charge < -0.3 is 21.7 Å². The summed E-state index contributed by atoms with van der Waals surface area (Å²) < 4.78 is 0. The lowest BCUT2D eigenvalue weighted by Crippen LogP contribution is -2.28. The Morgan fingerprint density at radius 3 is 2.17 bits per heavy atom. The van der Waals surface area contributed by atoms with E-state index >= 15 is 0 Å². The first-order valence-electron chi connectivity index (χ1n) is 7.42. The minimum Gasteiger partial charge on any atom is -0.396 e. The van der Waals surface area contributed by atoms with Crippen LogP contribution in [0.15, 0.2) is 0 Å². The van der Waals surface area contributed by atoms with E-state index in [4.69, 9.17) is 21.7 Å². The Labute approximate surface area is 112 Å². The zero-order valence-corrected chi connectivity index (χ0v) is 11.7. The molecule has 0 heterocycles. The molecule has 0 amide bonds. The van der Waals surface area contributed by atoms with Crippen LogP contribution in [-0.4, -0.2) is 36.0 Å². The molecular formula is C14H32N2O2. The molecule has 110 valence electrons. The van der Waals surface area contributed by atoms with E-state index in [0.29, 0.717) is 6.61 Å². The van der Waals surface area contributed by atoms with E-state index in [1.165, 1.54) is 32.1 Å². The zero-order chi connectivity index (χ0) is 13.6. The van der Waals surface area contributed by atoms with Crippen LogP contribution in [0.1, 0.15) is 57.8 Å². The minimum absolute atomic E-state index is 0.0260. The second-order valence-corrected chi connectivity index (χ2v) is 5.26. The fraction of sp³-hybridized carbons (Fsp3) is 1.00. The SMILES string of the molecule is NCCCCCO.N[C@H](CO)CC1CCCCC1. The lowest BCUT2D eigenvalue weighted by Gasteiger charge is -2.23. The Morgan fingerprint density at radius 1 is 1.00 bits per heavy atom. The lowest BCUT2D eigenvalue weighted by atomic mass is 9.85. The van der Waals surface area contributed by atoms with E-state index in [-0.39, 0.29) is 12.6 Å². The number of unbranched alkanes of at least 4 members (excludes halogenated alkanes) is 2. The first kappa shape index (κ1) is 17.8. The molecular weight excluding hydrogens is 228 g/mol. The molecule has 1 aliphatic carbocycles. The molecule has 1 saturated carbocycles. The van der Waals surface area contributed by atoms with Crippen LogP contribution in [0.5, 0.6) is 0 Å². The Morgan fingerprint density at radius 2 is 1.67 bits per heavy atom. The van der Waals surface area contributed by atoms with Gasteiger partial charge in [0, 0.05) is 12.6 Å². The summed E-state index contributed by atoms with van der Waals surface area (Å²) in [7, 11) is 0. The molecule has 4 heteroatoms. The monoisotopic (exact) mass is 260 g/mol. The molecule has 0 aromatic carbocycles. The average molecular weight is 260 g/mol. The highest BCUT2D eigenvalue weighted by Crippen LogP contribution is 2.26. The Balaban J connectivity index is 0.000000360. The van der Waals surface area contributed by atoms with Crippen molar-refractivity contribution in [1.29, 1.82) is 0 Å². The van der Waals surface area contributed by atoms with Crippen molar-refractivity contribution in [2.24, 2.45) is 17.4 Å². The van der Waals surface area contributed by atoms with Crippen LogP contribution < -0.4 is 11.5 Å². The Hall–Kier alpha value is -0.160. The molecule has 1 fully saturated rings. The van der Waals surface area contributed by atoms with Gasteiger partial charge in [-0.1, -0.05) is 32.1 Å². The van der Waals surface area contributed by atoms with E-state index in [1.54, 1.807) is 0 Å². The maximum atomic E-state index is 8.74. The Bertz CT molecular complexity index is 158. The van der Waals surface area contributed by atoms with Crippen molar-refractivity contribution in [2.45, 2.75) is 63.8 Å². The van der Waals surface area contributed by atoms with Gasteiger partial charge in [0.1, 0.15) is 0 Å². The van der Waals surface area contributed by atoms with Crippen LogP contribution in [0.2, 0.25) is 0 Å². The molecule has 4 nitrogen and oxygen atoms in total. The van der Waals surface area contributed by atoms with Crippen LogP contribution in [-0.2, 0) is 0 Å². The quantitative estimate of drug-likeness (QED) is 0.520. The predicted molar refractivity (Wildman–Crippen MR) is 76.2 cm³/mol. The molecule has 6 N–H and O–H groups in total. The summed E-state index contributed by atoms with van der Waals surface area (Å²) in [6.45, 7) is 1.20. The van der Waals surface area contributed by atoms with Crippen LogP contribution in [0, 0.1) is 5.92 Å². The summed E-state index contributed by atoms with van der Waals surface area (Å²) in [5.74, 6) is 0.797. The highest BCUT2D eigenvalue weighted by Gasteiger charge is 2.15. The van der Waals surface area contributed by atoms with E-state index in [0.717, 1.165) is 38.1 Å². The molecule has 0 aromatic rings. The molecule has 1 atom stereocenters. The molecule has 18 heavy (non-hydrogen) atoms. The molecule has 1 aliphatic rings. The lowest BCUT2D eigenvalue weighted by molar-refractivity contribution is 0.228. The highest BCUT2D eigenvalue weighted by molar-refractivity contribution is 4.71. The topological polar surface area (TPSA) is 92.5 Å². The van der Waals surface area contributed by atoms with Crippen LogP contribution in [0.3, 0.4) is 0 Å². The third kappa shape index (κ3) is 11.0. The molecule has 0 aromatic heterocycles.